The van der Waals surface area contributed by atoms with Crippen LogP contribution in [0.3, 0.4) is 0 Å². The van der Waals surface area contributed by atoms with Crippen molar-refractivity contribution in [1.82, 2.24) is 10.3 Å². The Morgan fingerprint density at radius 2 is 1.83 bits per heavy atom. The maximum atomic E-state index is 5.80. The highest BCUT2D eigenvalue weighted by molar-refractivity contribution is 5.37. The molecule has 1 aromatic carbocycles. The molecular formula is C14H16N2O2. The maximum Gasteiger partial charge on any atom is 0.150 e. The van der Waals surface area contributed by atoms with Gasteiger partial charge >= 0.3 is 0 Å². The Morgan fingerprint density at radius 1 is 1.11 bits per heavy atom. The smallest absolute Gasteiger partial charge is 0.150 e. The summed E-state index contributed by atoms with van der Waals surface area (Å²) in [7, 11) is 3.54. The number of nitrogens with zero attached hydrogens (tertiary/aromatic N) is 1. The minimum Gasteiger partial charge on any atom is -0.497 e. The molecule has 0 radical (unpaired) electrons. The molecule has 0 amide bonds. The lowest BCUT2D eigenvalue weighted by atomic mass is 10.2. The van der Waals surface area contributed by atoms with Gasteiger partial charge in [0, 0.05) is 18.3 Å². The molecule has 2 rings (SSSR count). The number of hydrogen-bond acceptors (Lipinski definition) is 4. The fourth-order valence-electron chi connectivity index (χ4n) is 1.61. The van der Waals surface area contributed by atoms with Gasteiger partial charge < -0.3 is 14.8 Å². The van der Waals surface area contributed by atoms with Crippen molar-refractivity contribution < 1.29 is 9.47 Å². The molecule has 0 fully saturated rings. The highest BCUT2D eigenvalue weighted by atomic mass is 16.5. The molecule has 0 aliphatic heterocycles. The van der Waals surface area contributed by atoms with Crippen molar-refractivity contribution in [1.29, 1.82) is 0 Å². The SMILES string of the molecule is CNCc1ccncc1Oc1ccc(OC)cc1. The summed E-state index contributed by atoms with van der Waals surface area (Å²) in [6.45, 7) is 0.744. The standard InChI is InChI=1S/C14H16N2O2/c1-15-9-11-7-8-16-10-14(11)18-13-5-3-12(17-2)4-6-13/h3-8,10,15H,9H2,1-2H3. The van der Waals surface area contributed by atoms with E-state index in [1.54, 1.807) is 19.5 Å². The van der Waals surface area contributed by atoms with E-state index in [0.29, 0.717) is 0 Å². The second-order valence-electron chi connectivity index (χ2n) is 3.79. The van der Waals surface area contributed by atoms with Crippen molar-refractivity contribution in [2.45, 2.75) is 6.54 Å². The molecule has 4 heteroatoms. The van der Waals surface area contributed by atoms with Crippen LogP contribution in [0.25, 0.3) is 0 Å². The molecule has 0 saturated heterocycles. The molecule has 1 heterocycles. The Labute approximate surface area is 107 Å². The minimum absolute atomic E-state index is 0.744. The highest BCUT2D eigenvalue weighted by Crippen LogP contribution is 2.25. The van der Waals surface area contributed by atoms with Crippen molar-refractivity contribution in [2.24, 2.45) is 0 Å². The van der Waals surface area contributed by atoms with Crippen LogP contribution in [0.15, 0.2) is 42.7 Å². The molecule has 0 aliphatic rings. The van der Waals surface area contributed by atoms with Gasteiger partial charge in [-0.25, -0.2) is 0 Å². The van der Waals surface area contributed by atoms with E-state index in [1.165, 1.54) is 0 Å². The second-order valence-corrected chi connectivity index (χ2v) is 3.79. The number of benzene rings is 1. The minimum atomic E-state index is 0.744. The van der Waals surface area contributed by atoms with Gasteiger partial charge in [-0.1, -0.05) is 0 Å². The second kappa shape index (κ2) is 6.02. The zero-order valence-corrected chi connectivity index (χ0v) is 10.5. The molecular weight excluding hydrogens is 228 g/mol. The van der Waals surface area contributed by atoms with Gasteiger partial charge in [0.05, 0.1) is 13.3 Å². The predicted octanol–water partition coefficient (Wildman–Crippen LogP) is 2.60. The number of rotatable bonds is 5. The van der Waals surface area contributed by atoms with Gasteiger partial charge in [-0.15, -0.1) is 0 Å². The Hall–Kier alpha value is -2.07. The Balaban J connectivity index is 2.17. The highest BCUT2D eigenvalue weighted by Gasteiger charge is 2.04. The van der Waals surface area contributed by atoms with E-state index >= 15 is 0 Å². The van der Waals surface area contributed by atoms with Gasteiger partial charge in [0.2, 0.25) is 0 Å². The van der Waals surface area contributed by atoms with Gasteiger partial charge in [0.25, 0.3) is 0 Å². The third-order valence-electron chi connectivity index (χ3n) is 2.52. The van der Waals surface area contributed by atoms with Crippen LogP contribution in [0.1, 0.15) is 5.56 Å². The number of hydrogen-bond donors (Lipinski definition) is 1. The predicted molar refractivity (Wildman–Crippen MR) is 70.1 cm³/mol. The molecule has 1 N–H and O–H groups in total. The lowest BCUT2D eigenvalue weighted by molar-refractivity contribution is 0.412. The quantitative estimate of drug-likeness (QED) is 0.878. The van der Waals surface area contributed by atoms with E-state index < -0.39 is 0 Å². The zero-order valence-electron chi connectivity index (χ0n) is 10.5. The summed E-state index contributed by atoms with van der Waals surface area (Å²) in [5, 5.41) is 3.10. The summed E-state index contributed by atoms with van der Waals surface area (Å²) in [4.78, 5) is 4.08. The molecule has 0 aliphatic carbocycles. The summed E-state index contributed by atoms with van der Waals surface area (Å²) in [5.41, 5.74) is 1.07. The molecule has 1 aromatic heterocycles. The fraction of sp³-hybridized carbons (Fsp3) is 0.214. The number of aromatic nitrogens is 1. The van der Waals surface area contributed by atoms with E-state index in [0.717, 1.165) is 29.4 Å². The first-order valence-corrected chi connectivity index (χ1v) is 5.73. The number of methoxy groups -OCH3 is 1. The summed E-state index contributed by atoms with van der Waals surface area (Å²) < 4.78 is 10.9. The van der Waals surface area contributed by atoms with Crippen molar-refractivity contribution >= 4 is 0 Å². The van der Waals surface area contributed by atoms with Crippen LogP contribution >= 0.6 is 0 Å². The van der Waals surface area contributed by atoms with E-state index in [-0.39, 0.29) is 0 Å². The molecule has 0 spiro atoms. The first kappa shape index (κ1) is 12.4. The normalized spacial score (nSPS) is 10.1. The van der Waals surface area contributed by atoms with Gasteiger partial charge in [-0.2, -0.15) is 0 Å². The van der Waals surface area contributed by atoms with Crippen molar-refractivity contribution in [3.05, 3.63) is 48.3 Å². The number of pyridine rings is 1. The van der Waals surface area contributed by atoms with Crippen LogP contribution in [0, 0.1) is 0 Å². The van der Waals surface area contributed by atoms with E-state index in [2.05, 4.69) is 10.3 Å². The average Bonchev–Trinajstić information content (AvgIpc) is 2.42. The van der Waals surface area contributed by atoms with Crippen LogP contribution in [0.2, 0.25) is 0 Å². The summed E-state index contributed by atoms with van der Waals surface area (Å²) in [6.07, 6.45) is 3.48. The molecule has 94 valence electrons. The van der Waals surface area contributed by atoms with Crippen LogP contribution in [-0.2, 0) is 6.54 Å². The van der Waals surface area contributed by atoms with Gasteiger partial charge in [-0.05, 0) is 37.4 Å². The number of ether oxygens (including phenoxy) is 2. The molecule has 0 unspecified atom stereocenters. The van der Waals surface area contributed by atoms with E-state index in [4.69, 9.17) is 9.47 Å². The monoisotopic (exact) mass is 244 g/mol. The van der Waals surface area contributed by atoms with Crippen LogP contribution in [0.4, 0.5) is 0 Å². The largest absolute Gasteiger partial charge is 0.497 e. The van der Waals surface area contributed by atoms with Gasteiger partial charge in [0.15, 0.2) is 0 Å². The molecule has 4 nitrogen and oxygen atoms in total. The molecule has 0 atom stereocenters. The van der Waals surface area contributed by atoms with Crippen molar-refractivity contribution in [2.75, 3.05) is 14.2 Å². The zero-order chi connectivity index (χ0) is 12.8. The van der Waals surface area contributed by atoms with E-state index in [1.807, 2.05) is 37.4 Å². The first-order valence-electron chi connectivity index (χ1n) is 5.73. The maximum absolute atomic E-state index is 5.80. The summed E-state index contributed by atoms with van der Waals surface area (Å²) in [6, 6.07) is 9.41. The van der Waals surface area contributed by atoms with Crippen LogP contribution < -0.4 is 14.8 Å². The van der Waals surface area contributed by atoms with Gasteiger partial charge in [0.1, 0.15) is 17.2 Å². The summed E-state index contributed by atoms with van der Waals surface area (Å²) >= 11 is 0. The molecule has 18 heavy (non-hydrogen) atoms. The molecule has 2 aromatic rings. The Bertz CT molecular complexity index is 497. The van der Waals surface area contributed by atoms with Gasteiger partial charge in [-0.3, -0.25) is 4.98 Å². The van der Waals surface area contributed by atoms with E-state index in [9.17, 15) is 0 Å². The Kier molecular flexibility index (Phi) is 4.15. The lowest BCUT2D eigenvalue weighted by Crippen LogP contribution is -2.06. The Morgan fingerprint density at radius 3 is 2.50 bits per heavy atom. The first-order chi connectivity index (χ1) is 8.83. The number of nitrogens with one attached hydrogen (secondary N) is 1. The third kappa shape index (κ3) is 2.99. The third-order valence-corrected chi connectivity index (χ3v) is 2.52. The fourth-order valence-corrected chi connectivity index (χ4v) is 1.61. The topological polar surface area (TPSA) is 43.4 Å². The lowest BCUT2D eigenvalue weighted by Gasteiger charge is -2.10. The van der Waals surface area contributed by atoms with Crippen LogP contribution in [0.5, 0.6) is 17.2 Å². The molecule has 0 bridgehead atoms. The average molecular weight is 244 g/mol. The van der Waals surface area contributed by atoms with Crippen LogP contribution in [-0.4, -0.2) is 19.1 Å². The summed E-state index contributed by atoms with van der Waals surface area (Å²) in [5.74, 6) is 2.34. The van der Waals surface area contributed by atoms with Crippen molar-refractivity contribution in [3.63, 3.8) is 0 Å². The molecule has 0 saturated carbocycles. The van der Waals surface area contributed by atoms with Crippen molar-refractivity contribution in [3.8, 4) is 17.2 Å².